The van der Waals surface area contributed by atoms with Gasteiger partial charge in [-0.05, 0) is 23.8 Å². The lowest BCUT2D eigenvalue weighted by Gasteiger charge is -2.27. The minimum Gasteiger partial charge on any atom is -0.331 e. The molecule has 1 aliphatic rings. The van der Waals surface area contributed by atoms with E-state index in [0.717, 1.165) is 17.7 Å². The molecule has 0 N–H and O–H groups in total. The summed E-state index contributed by atoms with van der Waals surface area (Å²) in [6, 6.07) is 16.2. The predicted octanol–water partition coefficient (Wildman–Crippen LogP) is 4.22. The van der Waals surface area contributed by atoms with E-state index in [0.29, 0.717) is 36.6 Å². The lowest BCUT2D eigenvalue weighted by atomic mass is 10.1. The quantitative estimate of drug-likeness (QED) is 0.691. The van der Waals surface area contributed by atoms with Crippen molar-refractivity contribution < 1.29 is 18.0 Å². The SMILES string of the molecule is O=C1c2cc(-c3ccc(C(F)(F)F)cc3)nn2CCN1Cc1ccccc1. The van der Waals surface area contributed by atoms with Crippen molar-refractivity contribution >= 4 is 5.91 Å². The van der Waals surface area contributed by atoms with Gasteiger partial charge in [0.15, 0.2) is 0 Å². The molecule has 0 fully saturated rings. The van der Waals surface area contributed by atoms with Crippen LogP contribution in [0.2, 0.25) is 0 Å². The third kappa shape index (κ3) is 3.45. The molecule has 2 heterocycles. The highest BCUT2D eigenvalue weighted by Crippen LogP contribution is 2.31. The Hall–Kier alpha value is -3.09. The van der Waals surface area contributed by atoms with Crippen LogP contribution in [-0.4, -0.2) is 27.1 Å². The average molecular weight is 371 g/mol. The standard InChI is InChI=1S/C20H16F3N3O/c21-20(22,23)16-8-6-15(7-9-16)17-12-18-19(27)25(10-11-26(18)24-17)13-14-4-2-1-3-5-14/h1-9,12H,10-11,13H2. The second kappa shape index (κ2) is 6.57. The minimum absolute atomic E-state index is 0.129. The zero-order valence-electron chi connectivity index (χ0n) is 14.3. The van der Waals surface area contributed by atoms with Gasteiger partial charge >= 0.3 is 6.18 Å². The molecule has 0 saturated carbocycles. The fourth-order valence-corrected chi connectivity index (χ4v) is 3.16. The van der Waals surface area contributed by atoms with Gasteiger partial charge in [-0.1, -0.05) is 42.5 Å². The predicted molar refractivity (Wildman–Crippen MR) is 93.8 cm³/mol. The molecule has 7 heteroatoms. The largest absolute Gasteiger partial charge is 0.416 e. The summed E-state index contributed by atoms with van der Waals surface area (Å²) in [5, 5.41) is 4.39. The molecule has 3 aromatic rings. The molecule has 2 aromatic carbocycles. The summed E-state index contributed by atoms with van der Waals surface area (Å²) in [5.74, 6) is -0.129. The van der Waals surface area contributed by atoms with Gasteiger partial charge in [0.05, 0.1) is 17.8 Å². The highest BCUT2D eigenvalue weighted by molar-refractivity contribution is 5.94. The fraction of sp³-hybridized carbons (Fsp3) is 0.200. The van der Waals surface area contributed by atoms with Crippen LogP contribution in [0.3, 0.4) is 0 Å². The Morgan fingerprint density at radius 3 is 2.33 bits per heavy atom. The van der Waals surface area contributed by atoms with E-state index in [-0.39, 0.29) is 5.91 Å². The zero-order chi connectivity index (χ0) is 19.0. The highest BCUT2D eigenvalue weighted by atomic mass is 19.4. The Labute approximate surface area is 153 Å². The first-order valence-corrected chi connectivity index (χ1v) is 8.50. The van der Waals surface area contributed by atoms with E-state index in [4.69, 9.17) is 0 Å². The van der Waals surface area contributed by atoms with Crippen molar-refractivity contribution in [3.8, 4) is 11.3 Å². The molecule has 4 rings (SSSR count). The van der Waals surface area contributed by atoms with Gasteiger partial charge in [0.25, 0.3) is 5.91 Å². The number of hydrogen-bond donors (Lipinski definition) is 0. The Kier molecular flexibility index (Phi) is 4.22. The smallest absolute Gasteiger partial charge is 0.331 e. The summed E-state index contributed by atoms with van der Waals surface area (Å²) >= 11 is 0. The molecule has 1 amide bonds. The van der Waals surface area contributed by atoms with Crippen LogP contribution in [-0.2, 0) is 19.3 Å². The van der Waals surface area contributed by atoms with Crippen LogP contribution < -0.4 is 0 Å². The summed E-state index contributed by atoms with van der Waals surface area (Å²) in [6.07, 6.45) is -4.38. The number of hydrogen-bond acceptors (Lipinski definition) is 2. The van der Waals surface area contributed by atoms with Crippen LogP contribution in [0.4, 0.5) is 13.2 Å². The number of fused-ring (bicyclic) bond motifs is 1. The third-order valence-electron chi connectivity index (χ3n) is 4.59. The van der Waals surface area contributed by atoms with Crippen molar-refractivity contribution in [2.24, 2.45) is 0 Å². The van der Waals surface area contributed by atoms with E-state index >= 15 is 0 Å². The van der Waals surface area contributed by atoms with Crippen LogP contribution in [0.1, 0.15) is 21.6 Å². The van der Waals surface area contributed by atoms with Crippen LogP contribution in [0.15, 0.2) is 60.7 Å². The molecule has 138 valence electrons. The number of aromatic nitrogens is 2. The Balaban J connectivity index is 1.57. The van der Waals surface area contributed by atoms with Gasteiger partial charge in [0.2, 0.25) is 0 Å². The molecule has 0 bridgehead atoms. The monoisotopic (exact) mass is 371 g/mol. The number of halogens is 3. The number of nitrogens with zero attached hydrogens (tertiary/aromatic N) is 3. The van der Waals surface area contributed by atoms with Gasteiger partial charge in [-0.2, -0.15) is 18.3 Å². The molecule has 27 heavy (non-hydrogen) atoms. The van der Waals surface area contributed by atoms with E-state index in [1.54, 1.807) is 15.6 Å². The molecule has 0 atom stereocenters. The summed E-state index contributed by atoms with van der Waals surface area (Å²) in [4.78, 5) is 14.5. The van der Waals surface area contributed by atoms with E-state index in [1.807, 2.05) is 30.3 Å². The maximum absolute atomic E-state index is 12.8. The number of rotatable bonds is 3. The van der Waals surface area contributed by atoms with Crippen LogP contribution >= 0.6 is 0 Å². The topological polar surface area (TPSA) is 38.1 Å². The minimum atomic E-state index is -4.38. The second-order valence-electron chi connectivity index (χ2n) is 6.43. The summed E-state index contributed by atoms with van der Waals surface area (Å²) in [7, 11) is 0. The van der Waals surface area contributed by atoms with Gasteiger partial charge in [0, 0.05) is 18.7 Å². The average Bonchev–Trinajstić information content (AvgIpc) is 3.10. The Morgan fingerprint density at radius 1 is 0.963 bits per heavy atom. The van der Waals surface area contributed by atoms with Gasteiger partial charge in [-0.3, -0.25) is 9.48 Å². The molecule has 0 saturated heterocycles. The first-order chi connectivity index (χ1) is 12.9. The molecule has 4 nitrogen and oxygen atoms in total. The van der Waals surface area contributed by atoms with Crippen LogP contribution in [0.25, 0.3) is 11.3 Å². The van der Waals surface area contributed by atoms with Crippen LogP contribution in [0.5, 0.6) is 0 Å². The van der Waals surface area contributed by atoms with Crippen molar-refractivity contribution in [1.29, 1.82) is 0 Å². The third-order valence-corrected chi connectivity index (χ3v) is 4.59. The normalized spacial score (nSPS) is 14.3. The summed E-state index contributed by atoms with van der Waals surface area (Å²) in [5.41, 5.74) is 1.83. The van der Waals surface area contributed by atoms with Crippen molar-refractivity contribution in [1.82, 2.24) is 14.7 Å². The first kappa shape index (κ1) is 17.3. The number of carbonyl (C=O) groups excluding carboxylic acids is 1. The fourth-order valence-electron chi connectivity index (χ4n) is 3.16. The van der Waals surface area contributed by atoms with Gasteiger partial charge in [-0.15, -0.1) is 0 Å². The Bertz CT molecular complexity index is 962. The van der Waals surface area contributed by atoms with E-state index in [9.17, 15) is 18.0 Å². The van der Waals surface area contributed by atoms with Crippen molar-refractivity contribution in [3.63, 3.8) is 0 Å². The molecule has 0 aliphatic carbocycles. The molecule has 0 unspecified atom stereocenters. The lowest BCUT2D eigenvalue weighted by molar-refractivity contribution is -0.137. The van der Waals surface area contributed by atoms with Gasteiger partial charge in [-0.25, -0.2) is 0 Å². The highest BCUT2D eigenvalue weighted by Gasteiger charge is 2.30. The Morgan fingerprint density at radius 2 is 1.67 bits per heavy atom. The maximum Gasteiger partial charge on any atom is 0.416 e. The van der Waals surface area contributed by atoms with Gasteiger partial charge < -0.3 is 4.90 Å². The van der Waals surface area contributed by atoms with Crippen LogP contribution in [0, 0.1) is 0 Å². The number of benzene rings is 2. The number of amides is 1. The molecular weight excluding hydrogens is 355 g/mol. The molecule has 0 spiro atoms. The van der Waals surface area contributed by atoms with Crippen molar-refractivity contribution in [2.75, 3.05) is 6.54 Å². The summed E-state index contributed by atoms with van der Waals surface area (Å²) in [6.45, 7) is 1.60. The van der Waals surface area contributed by atoms with Gasteiger partial charge in [0.1, 0.15) is 5.69 Å². The molecular formula is C20H16F3N3O. The molecule has 1 aromatic heterocycles. The first-order valence-electron chi connectivity index (χ1n) is 8.50. The van der Waals surface area contributed by atoms with Crippen molar-refractivity contribution in [2.45, 2.75) is 19.3 Å². The van der Waals surface area contributed by atoms with E-state index in [1.165, 1.54) is 12.1 Å². The maximum atomic E-state index is 12.8. The molecule has 1 aliphatic heterocycles. The number of alkyl halides is 3. The second-order valence-corrected chi connectivity index (χ2v) is 6.43. The van der Waals surface area contributed by atoms with E-state index in [2.05, 4.69) is 5.10 Å². The zero-order valence-corrected chi connectivity index (χ0v) is 14.3. The summed E-state index contributed by atoms with van der Waals surface area (Å²) < 4.78 is 39.8. The van der Waals surface area contributed by atoms with Crippen molar-refractivity contribution in [3.05, 3.63) is 77.5 Å². The number of carbonyl (C=O) groups is 1. The lowest BCUT2D eigenvalue weighted by Crippen LogP contribution is -2.39. The molecule has 0 radical (unpaired) electrons. The van der Waals surface area contributed by atoms with E-state index < -0.39 is 11.7 Å².